The standard InChI is InChI=1S/C26H35Cl2N3O2.ClH/c1-16(2)11-17-12-20(13-17)26-30-29-25(31(26)22-6-7-22)19(9-10-32)14-23(33)8-4-18-3-5-21(27)15-24(18)28;/h3,5,15-17,19-20,22,32H,4,6-14H2,1-2H3;1H/t17?,19-,20?;/m0./s1. The number of benzene rings is 1. The molecule has 2 aliphatic rings. The Labute approximate surface area is 219 Å². The van der Waals surface area contributed by atoms with Crippen LogP contribution in [-0.2, 0) is 11.2 Å². The molecule has 0 amide bonds. The first-order chi connectivity index (χ1) is 15.9. The summed E-state index contributed by atoms with van der Waals surface area (Å²) in [6, 6.07) is 5.85. The third kappa shape index (κ3) is 6.75. The summed E-state index contributed by atoms with van der Waals surface area (Å²) in [6.45, 7) is 4.61. The van der Waals surface area contributed by atoms with Crippen LogP contribution in [-0.4, -0.2) is 32.3 Å². The second kappa shape index (κ2) is 12.2. The molecule has 1 heterocycles. The van der Waals surface area contributed by atoms with Gasteiger partial charge in [0.25, 0.3) is 0 Å². The van der Waals surface area contributed by atoms with Crippen molar-refractivity contribution in [3.8, 4) is 0 Å². The number of hydrogen-bond acceptors (Lipinski definition) is 4. The lowest BCUT2D eigenvalue weighted by atomic mass is 9.71. The number of carbonyl (C=O) groups is 1. The van der Waals surface area contributed by atoms with Crippen LogP contribution in [0.15, 0.2) is 18.2 Å². The number of ketones is 1. The molecule has 2 aliphatic carbocycles. The van der Waals surface area contributed by atoms with E-state index in [-0.39, 0.29) is 30.7 Å². The molecular formula is C26H36Cl3N3O2. The van der Waals surface area contributed by atoms with Gasteiger partial charge in [0.2, 0.25) is 0 Å². The highest BCUT2D eigenvalue weighted by Gasteiger charge is 2.39. The summed E-state index contributed by atoms with van der Waals surface area (Å²) >= 11 is 12.2. The van der Waals surface area contributed by atoms with Crippen molar-refractivity contribution in [3.05, 3.63) is 45.5 Å². The van der Waals surface area contributed by atoms with Gasteiger partial charge in [0.15, 0.2) is 0 Å². The maximum atomic E-state index is 12.9. The van der Waals surface area contributed by atoms with Crippen molar-refractivity contribution < 1.29 is 9.90 Å². The highest BCUT2D eigenvalue weighted by Crippen LogP contribution is 2.48. The molecule has 0 spiro atoms. The van der Waals surface area contributed by atoms with Gasteiger partial charge >= 0.3 is 0 Å². The van der Waals surface area contributed by atoms with Crippen molar-refractivity contribution in [3.63, 3.8) is 0 Å². The van der Waals surface area contributed by atoms with E-state index in [0.29, 0.717) is 47.7 Å². The van der Waals surface area contributed by atoms with Gasteiger partial charge in [-0.1, -0.05) is 43.1 Å². The Bertz CT molecular complexity index is 968. The van der Waals surface area contributed by atoms with Crippen LogP contribution in [0.2, 0.25) is 10.0 Å². The summed E-state index contributed by atoms with van der Waals surface area (Å²) in [7, 11) is 0. The number of aliphatic hydroxyl groups is 1. The van der Waals surface area contributed by atoms with E-state index in [4.69, 9.17) is 23.2 Å². The van der Waals surface area contributed by atoms with Crippen LogP contribution < -0.4 is 0 Å². The molecule has 1 aromatic carbocycles. The Balaban J connectivity index is 0.00000324. The van der Waals surface area contributed by atoms with Gasteiger partial charge in [-0.05, 0) is 74.5 Å². The number of halogens is 3. The van der Waals surface area contributed by atoms with Crippen LogP contribution >= 0.6 is 35.6 Å². The second-order valence-corrected chi connectivity index (χ2v) is 11.2. The highest BCUT2D eigenvalue weighted by molar-refractivity contribution is 6.35. The summed E-state index contributed by atoms with van der Waals surface area (Å²) in [4.78, 5) is 12.9. The van der Waals surface area contributed by atoms with Gasteiger partial charge in [-0.15, -0.1) is 22.6 Å². The van der Waals surface area contributed by atoms with Gasteiger partial charge in [-0.3, -0.25) is 4.79 Å². The summed E-state index contributed by atoms with van der Waals surface area (Å²) in [5, 5.41) is 20.1. The van der Waals surface area contributed by atoms with Gasteiger partial charge in [0.05, 0.1) is 0 Å². The molecule has 2 saturated carbocycles. The zero-order chi connectivity index (χ0) is 23.5. The van der Waals surface area contributed by atoms with Crippen LogP contribution in [0.1, 0.15) is 100 Å². The average Bonchev–Trinajstić information content (AvgIpc) is 3.48. The van der Waals surface area contributed by atoms with Crippen molar-refractivity contribution in [2.75, 3.05) is 6.61 Å². The summed E-state index contributed by atoms with van der Waals surface area (Å²) in [5.41, 5.74) is 0.928. The predicted molar refractivity (Wildman–Crippen MR) is 139 cm³/mol. The average molecular weight is 529 g/mol. The molecule has 34 heavy (non-hydrogen) atoms. The zero-order valence-electron chi connectivity index (χ0n) is 20.1. The Hall–Kier alpha value is -1.14. The van der Waals surface area contributed by atoms with E-state index in [0.717, 1.165) is 41.9 Å². The Morgan fingerprint density at radius 1 is 1.21 bits per heavy atom. The fourth-order valence-corrected chi connectivity index (χ4v) is 5.74. The van der Waals surface area contributed by atoms with E-state index < -0.39 is 0 Å². The second-order valence-electron chi connectivity index (χ2n) is 10.4. The van der Waals surface area contributed by atoms with Gasteiger partial charge in [0, 0.05) is 47.4 Å². The lowest BCUT2D eigenvalue weighted by Crippen LogP contribution is -2.26. The highest BCUT2D eigenvalue weighted by atomic mass is 35.5. The largest absolute Gasteiger partial charge is 0.396 e. The van der Waals surface area contributed by atoms with Crippen molar-refractivity contribution in [2.45, 2.75) is 89.5 Å². The van der Waals surface area contributed by atoms with Crippen LogP contribution in [0.4, 0.5) is 0 Å². The normalized spacial score (nSPS) is 20.6. The fourth-order valence-electron chi connectivity index (χ4n) is 5.24. The van der Waals surface area contributed by atoms with Crippen molar-refractivity contribution in [1.82, 2.24) is 14.8 Å². The van der Waals surface area contributed by atoms with Crippen molar-refractivity contribution in [1.29, 1.82) is 0 Å². The summed E-state index contributed by atoms with van der Waals surface area (Å²) in [6.07, 6.45) is 7.84. The van der Waals surface area contributed by atoms with Gasteiger partial charge < -0.3 is 9.67 Å². The third-order valence-corrected chi connectivity index (χ3v) is 7.66. The predicted octanol–water partition coefficient (Wildman–Crippen LogP) is 6.94. The number of carbonyl (C=O) groups excluding carboxylic acids is 1. The fraction of sp³-hybridized carbons (Fsp3) is 0.654. The number of aliphatic hydroxyl groups excluding tert-OH is 1. The summed E-state index contributed by atoms with van der Waals surface area (Å²) < 4.78 is 2.33. The monoisotopic (exact) mass is 527 g/mol. The number of aryl methyl sites for hydroxylation is 1. The van der Waals surface area contributed by atoms with Crippen molar-refractivity contribution >= 4 is 41.4 Å². The Morgan fingerprint density at radius 3 is 2.56 bits per heavy atom. The lowest BCUT2D eigenvalue weighted by Gasteiger charge is -2.36. The molecule has 0 unspecified atom stereocenters. The van der Waals surface area contributed by atoms with Crippen LogP contribution in [0.25, 0.3) is 0 Å². The molecule has 0 saturated heterocycles. The quantitative estimate of drug-likeness (QED) is 0.324. The first-order valence-electron chi connectivity index (χ1n) is 12.4. The zero-order valence-corrected chi connectivity index (χ0v) is 22.4. The number of hydrogen-bond donors (Lipinski definition) is 1. The van der Waals surface area contributed by atoms with Crippen molar-refractivity contribution in [2.24, 2.45) is 11.8 Å². The topological polar surface area (TPSA) is 68.0 Å². The molecule has 1 atom stereocenters. The molecule has 0 bridgehead atoms. The first-order valence-corrected chi connectivity index (χ1v) is 13.1. The van der Waals surface area contributed by atoms with Crippen LogP contribution in [0, 0.1) is 11.8 Å². The maximum absolute atomic E-state index is 12.9. The van der Waals surface area contributed by atoms with Gasteiger partial charge in [-0.25, -0.2) is 0 Å². The molecule has 1 N–H and O–H groups in total. The molecule has 188 valence electrons. The minimum absolute atomic E-state index is 0. The lowest BCUT2D eigenvalue weighted by molar-refractivity contribution is -0.119. The molecule has 0 radical (unpaired) electrons. The molecule has 2 fully saturated rings. The minimum Gasteiger partial charge on any atom is -0.396 e. The van der Waals surface area contributed by atoms with E-state index in [1.54, 1.807) is 12.1 Å². The summed E-state index contributed by atoms with van der Waals surface area (Å²) in [5.74, 6) is 4.06. The number of aromatic nitrogens is 3. The third-order valence-electron chi connectivity index (χ3n) is 7.07. The maximum Gasteiger partial charge on any atom is 0.136 e. The van der Waals surface area contributed by atoms with Gasteiger partial charge in [-0.2, -0.15) is 0 Å². The molecule has 2 aromatic rings. The molecule has 5 nitrogen and oxygen atoms in total. The van der Waals surface area contributed by atoms with E-state index >= 15 is 0 Å². The number of Topliss-reactive ketones (excluding diaryl/α,β-unsaturated/α-hetero) is 1. The van der Waals surface area contributed by atoms with Gasteiger partial charge in [0.1, 0.15) is 17.4 Å². The van der Waals surface area contributed by atoms with Crippen LogP contribution in [0.3, 0.4) is 0 Å². The SMILES string of the molecule is CC(C)CC1CC(c2nnc([C@@H](CCO)CC(=O)CCc3ccc(Cl)cc3Cl)n2C2CC2)C1.Cl. The smallest absolute Gasteiger partial charge is 0.136 e. The first kappa shape index (κ1) is 27.4. The Kier molecular flexibility index (Phi) is 9.85. The minimum atomic E-state index is -0.100. The molecular weight excluding hydrogens is 493 g/mol. The van der Waals surface area contributed by atoms with E-state index in [2.05, 4.69) is 28.6 Å². The van der Waals surface area contributed by atoms with E-state index in [9.17, 15) is 9.90 Å². The van der Waals surface area contributed by atoms with Crippen LogP contribution in [0.5, 0.6) is 0 Å². The number of nitrogens with zero attached hydrogens (tertiary/aromatic N) is 3. The molecule has 4 rings (SSSR count). The van der Waals surface area contributed by atoms with E-state index in [1.165, 1.54) is 19.3 Å². The number of rotatable bonds is 12. The molecule has 1 aromatic heterocycles. The molecule has 8 heteroatoms. The van der Waals surface area contributed by atoms with E-state index in [1.807, 2.05) is 6.07 Å². The Morgan fingerprint density at radius 2 is 1.94 bits per heavy atom. The molecule has 0 aliphatic heterocycles.